The Kier molecular flexibility index (Phi) is 6.61. The van der Waals surface area contributed by atoms with Gasteiger partial charge in [0.15, 0.2) is 0 Å². The van der Waals surface area contributed by atoms with E-state index in [4.69, 9.17) is 16.6 Å². The molecule has 172 valence electrons. The number of hydrogen-bond acceptors (Lipinski definition) is 11. The van der Waals surface area contributed by atoms with Crippen molar-refractivity contribution in [2.24, 2.45) is 16.6 Å². The van der Waals surface area contributed by atoms with Crippen LogP contribution in [-0.4, -0.2) is 80.9 Å². The molecule has 1 aromatic carbocycles. The number of tetrazole rings is 1. The molecule has 0 saturated carbocycles. The summed E-state index contributed by atoms with van der Waals surface area (Å²) >= 11 is 0. The van der Waals surface area contributed by atoms with Crippen molar-refractivity contribution in [1.29, 1.82) is 0 Å². The summed E-state index contributed by atoms with van der Waals surface area (Å²) in [5, 5.41) is 29.2. The van der Waals surface area contributed by atoms with Crippen LogP contribution in [0.1, 0.15) is 12.8 Å². The van der Waals surface area contributed by atoms with E-state index >= 15 is 0 Å². The molecule has 1 aromatic heterocycles. The maximum atomic E-state index is 12.8. The predicted octanol–water partition coefficient (Wildman–Crippen LogP) is -2.96. The van der Waals surface area contributed by atoms with Gasteiger partial charge >= 0.3 is 0 Å². The van der Waals surface area contributed by atoms with Crippen LogP contribution in [0, 0.1) is 0 Å². The minimum absolute atomic E-state index is 0.0115. The second kappa shape index (κ2) is 8.73. The number of nitrogens with two attached hydrogens (primary N) is 3. The smallest absolute Gasteiger partial charge is 0.241 e. The van der Waals surface area contributed by atoms with E-state index in [0.717, 1.165) is 6.07 Å². The van der Waals surface area contributed by atoms with Crippen LogP contribution >= 0.6 is 0 Å². The number of sulfonamides is 2. The van der Waals surface area contributed by atoms with E-state index in [0.29, 0.717) is 31.6 Å². The fourth-order valence-corrected chi connectivity index (χ4v) is 6.08. The van der Waals surface area contributed by atoms with Crippen LogP contribution in [0.15, 0.2) is 21.9 Å². The van der Waals surface area contributed by atoms with Gasteiger partial charge in [-0.1, -0.05) is 0 Å². The van der Waals surface area contributed by atoms with E-state index < -0.39 is 35.4 Å². The number of aliphatic hydroxyl groups is 1. The van der Waals surface area contributed by atoms with Gasteiger partial charge in [0.05, 0.1) is 11.2 Å². The van der Waals surface area contributed by atoms with Crippen LogP contribution in [0.5, 0.6) is 0 Å². The first-order valence-corrected chi connectivity index (χ1v) is 12.4. The number of aromatic amines is 1. The van der Waals surface area contributed by atoms with Crippen molar-refractivity contribution in [1.82, 2.24) is 25.3 Å². The van der Waals surface area contributed by atoms with Crippen LogP contribution in [0.4, 0.5) is 5.69 Å². The van der Waals surface area contributed by atoms with Crippen molar-refractivity contribution in [3.63, 3.8) is 0 Å². The van der Waals surface area contributed by atoms with Crippen LogP contribution in [-0.2, 0) is 20.0 Å². The quantitative estimate of drug-likeness (QED) is 0.225. The van der Waals surface area contributed by atoms with E-state index in [-0.39, 0.29) is 31.0 Å². The normalized spacial score (nSPS) is 17.1. The Morgan fingerprint density at radius 1 is 1.19 bits per heavy atom. The zero-order chi connectivity index (χ0) is 22.9. The predicted molar refractivity (Wildman–Crippen MR) is 111 cm³/mol. The van der Waals surface area contributed by atoms with Crippen LogP contribution in [0.2, 0.25) is 0 Å². The molecule has 1 aliphatic heterocycles. The van der Waals surface area contributed by atoms with Crippen molar-refractivity contribution >= 4 is 25.7 Å². The summed E-state index contributed by atoms with van der Waals surface area (Å²) in [5.41, 5.74) is 10.2. The molecule has 0 atom stereocenters. The molecule has 0 spiro atoms. The number of nitrogens with zero attached hydrogens (tertiary/aromatic N) is 4. The highest BCUT2D eigenvalue weighted by Gasteiger charge is 2.36. The molecule has 0 radical (unpaired) electrons. The Morgan fingerprint density at radius 2 is 1.87 bits per heavy atom. The van der Waals surface area contributed by atoms with Gasteiger partial charge in [-0.3, -0.25) is 0 Å². The first-order chi connectivity index (χ1) is 14.5. The molecule has 0 bridgehead atoms. The number of hydrogen-bond donors (Lipinski definition) is 6. The number of benzene rings is 1. The first kappa shape index (κ1) is 23.5. The van der Waals surface area contributed by atoms with E-state index in [1.807, 2.05) is 0 Å². The number of nitrogens with one attached hydrogen (secondary N) is 2. The summed E-state index contributed by atoms with van der Waals surface area (Å²) < 4.78 is 52.9. The highest BCUT2D eigenvalue weighted by atomic mass is 32.2. The third-order valence-corrected chi connectivity index (χ3v) is 7.72. The zero-order valence-corrected chi connectivity index (χ0v) is 18.2. The second-order valence-electron chi connectivity index (χ2n) is 7.17. The standard InChI is InChI=1S/C15H25N9O5S2/c16-5-6-19-31(28,29)11-2-1-10(24-7-3-15(25,9-17)4-8-24)12(13(11)30(18,26)27)14-20-22-23-21-14/h1-2,19,25H,3-9,16-17H2,(H2,18,26,27)(H,20,21,22,23). The van der Waals surface area contributed by atoms with Gasteiger partial charge in [-0.25, -0.2) is 26.7 Å². The monoisotopic (exact) mass is 475 g/mol. The molecule has 16 heteroatoms. The molecule has 2 aromatic rings. The number of anilines is 1. The fourth-order valence-electron chi connectivity index (χ4n) is 3.43. The molecule has 0 aliphatic carbocycles. The van der Waals surface area contributed by atoms with Crippen molar-refractivity contribution in [3.8, 4) is 11.4 Å². The van der Waals surface area contributed by atoms with Crippen LogP contribution in [0.3, 0.4) is 0 Å². The van der Waals surface area contributed by atoms with Gasteiger partial charge in [0.25, 0.3) is 0 Å². The summed E-state index contributed by atoms with van der Waals surface area (Å²) in [6, 6.07) is 2.60. The molecule has 1 saturated heterocycles. The van der Waals surface area contributed by atoms with Gasteiger partial charge in [0.2, 0.25) is 25.9 Å². The van der Waals surface area contributed by atoms with Crippen molar-refractivity contribution in [3.05, 3.63) is 12.1 Å². The van der Waals surface area contributed by atoms with Gasteiger partial charge in [-0.15, -0.1) is 10.2 Å². The highest BCUT2D eigenvalue weighted by molar-refractivity contribution is 7.92. The summed E-state index contributed by atoms with van der Waals surface area (Å²) in [6.07, 6.45) is 0.663. The van der Waals surface area contributed by atoms with Crippen molar-refractivity contribution < 1.29 is 21.9 Å². The van der Waals surface area contributed by atoms with E-state index in [9.17, 15) is 21.9 Å². The first-order valence-electron chi connectivity index (χ1n) is 9.33. The number of piperidine rings is 1. The molecule has 14 nitrogen and oxygen atoms in total. The topological polar surface area (TPSA) is 236 Å². The second-order valence-corrected chi connectivity index (χ2v) is 10.4. The summed E-state index contributed by atoms with van der Waals surface area (Å²) in [4.78, 5) is 0.576. The van der Waals surface area contributed by atoms with Crippen molar-refractivity contribution in [2.75, 3.05) is 37.6 Å². The molecule has 2 heterocycles. The fraction of sp³-hybridized carbons (Fsp3) is 0.533. The minimum Gasteiger partial charge on any atom is -0.388 e. The molecule has 1 fully saturated rings. The molecule has 9 N–H and O–H groups in total. The summed E-state index contributed by atoms with van der Waals surface area (Å²) in [6.45, 7) is 0.665. The van der Waals surface area contributed by atoms with Gasteiger partial charge in [0.1, 0.15) is 9.79 Å². The van der Waals surface area contributed by atoms with Crippen LogP contribution in [0.25, 0.3) is 11.4 Å². The summed E-state index contributed by atoms with van der Waals surface area (Å²) in [7, 11) is -8.83. The Labute approximate surface area is 179 Å². The Morgan fingerprint density at radius 3 is 2.39 bits per heavy atom. The Balaban J connectivity index is 2.23. The highest BCUT2D eigenvalue weighted by Crippen LogP contribution is 2.39. The lowest BCUT2D eigenvalue weighted by atomic mass is 9.91. The lowest BCUT2D eigenvalue weighted by molar-refractivity contribution is 0.0250. The SMILES string of the molecule is NCCNS(=O)(=O)c1ccc(N2CCC(O)(CN)CC2)c(-c2nn[nH]n2)c1S(N)(=O)=O. The average molecular weight is 476 g/mol. The lowest BCUT2D eigenvalue weighted by Crippen LogP contribution is -2.49. The van der Waals surface area contributed by atoms with Gasteiger partial charge in [-0.05, 0) is 30.2 Å². The van der Waals surface area contributed by atoms with Crippen molar-refractivity contribution in [2.45, 2.75) is 28.2 Å². The molecule has 3 rings (SSSR count). The molecule has 31 heavy (non-hydrogen) atoms. The van der Waals surface area contributed by atoms with Gasteiger partial charge < -0.3 is 21.5 Å². The lowest BCUT2D eigenvalue weighted by Gasteiger charge is -2.39. The largest absolute Gasteiger partial charge is 0.388 e. The van der Waals surface area contributed by atoms with Gasteiger partial charge in [-0.2, -0.15) is 5.21 Å². The van der Waals surface area contributed by atoms with E-state index in [2.05, 4.69) is 25.3 Å². The summed E-state index contributed by atoms with van der Waals surface area (Å²) in [5.74, 6) is -0.144. The number of primary sulfonamides is 1. The molecule has 0 amide bonds. The number of aromatic nitrogens is 4. The third-order valence-electron chi connectivity index (χ3n) is 5.09. The Hall–Kier alpha value is -2.21. The Bertz CT molecular complexity index is 1130. The zero-order valence-electron chi connectivity index (χ0n) is 16.5. The molecular formula is C15H25N9O5S2. The number of H-pyrrole nitrogens is 1. The molecular weight excluding hydrogens is 450 g/mol. The number of rotatable bonds is 8. The minimum atomic E-state index is -4.56. The molecule has 1 aliphatic rings. The van der Waals surface area contributed by atoms with E-state index in [1.54, 1.807) is 4.90 Å². The molecule has 0 unspecified atom stereocenters. The van der Waals surface area contributed by atoms with E-state index in [1.165, 1.54) is 6.07 Å². The maximum absolute atomic E-state index is 12.8. The van der Waals surface area contributed by atoms with Crippen LogP contribution < -0.4 is 26.2 Å². The maximum Gasteiger partial charge on any atom is 0.241 e. The third kappa shape index (κ3) is 4.84. The average Bonchev–Trinajstić information content (AvgIpc) is 3.26. The van der Waals surface area contributed by atoms with Gasteiger partial charge in [0, 0.05) is 38.4 Å².